The third kappa shape index (κ3) is 4.42. The second-order valence-corrected chi connectivity index (χ2v) is 7.05. The Bertz CT molecular complexity index is 1020. The Labute approximate surface area is 171 Å². The molecule has 0 aliphatic carbocycles. The Balaban J connectivity index is 2.04. The van der Waals surface area contributed by atoms with Crippen molar-refractivity contribution in [1.82, 2.24) is 9.58 Å². The maximum atomic E-state index is 13.6. The van der Waals surface area contributed by atoms with Crippen molar-refractivity contribution < 1.29 is 27.8 Å². The van der Waals surface area contributed by atoms with Gasteiger partial charge < -0.3 is 14.4 Å². The van der Waals surface area contributed by atoms with E-state index in [0.29, 0.717) is 5.56 Å². The van der Waals surface area contributed by atoms with Gasteiger partial charge in [0.1, 0.15) is 18.3 Å². The zero-order chi connectivity index (χ0) is 22.0. The second kappa shape index (κ2) is 8.52. The van der Waals surface area contributed by atoms with Crippen LogP contribution in [-0.4, -0.2) is 41.0 Å². The molecule has 0 spiro atoms. The number of ether oxygens (including phenoxy) is 2. The number of pyridine rings is 1. The zero-order valence-electron chi connectivity index (χ0n) is 16.7. The molecule has 0 atom stereocenters. The Morgan fingerprint density at radius 3 is 2.43 bits per heavy atom. The van der Waals surface area contributed by atoms with Gasteiger partial charge in [-0.25, -0.2) is 8.78 Å². The molecule has 8 nitrogen and oxygen atoms in total. The van der Waals surface area contributed by atoms with Crippen molar-refractivity contribution in [3.8, 4) is 5.75 Å². The molecule has 0 saturated carbocycles. The molecule has 30 heavy (non-hydrogen) atoms. The minimum absolute atomic E-state index is 0.0600. The minimum Gasteiger partial charge on any atom is -0.451 e. The first-order valence-corrected chi connectivity index (χ1v) is 9.20. The number of benzene rings is 1. The highest BCUT2D eigenvalue weighted by Gasteiger charge is 2.34. The summed E-state index contributed by atoms with van der Waals surface area (Å²) in [7, 11) is 0. The fraction of sp³-hybridized carbons (Fsp3) is 0.350. The summed E-state index contributed by atoms with van der Waals surface area (Å²) in [5.74, 6) is -2.77. The molecule has 0 bridgehead atoms. The van der Waals surface area contributed by atoms with E-state index in [-0.39, 0.29) is 30.7 Å². The molecular weight excluding hydrogens is 400 g/mol. The van der Waals surface area contributed by atoms with Crippen molar-refractivity contribution in [1.29, 1.82) is 0 Å². The van der Waals surface area contributed by atoms with Gasteiger partial charge in [-0.2, -0.15) is 0 Å². The molecule has 1 aromatic heterocycles. The molecular formula is C20H21F2N3O5. The number of fused-ring (bicyclic) bond motifs is 1. The van der Waals surface area contributed by atoms with E-state index in [9.17, 15) is 23.2 Å². The van der Waals surface area contributed by atoms with Gasteiger partial charge in [-0.1, -0.05) is 0 Å². The topological polar surface area (TPSA) is 81.1 Å². The lowest BCUT2D eigenvalue weighted by Gasteiger charge is -2.41. The van der Waals surface area contributed by atoms with E-state index in [1.165, 1.54) is 40.9 Å². The van der Waals surface area contributed by atoms with Gasteiger partial charge in [0, 0.05) is 31.3 Å². The molecule has 0 saturated heterocycles. The van der Waals surface area contributed by atoms with Crippen LogP contribution in [0.2, 0.25) is 0 Å². The molecule has 3 rings (SSSR count). The van der Waals surface area contributed by atoms with E-state index in [4.69, 9.17) is 9.47 Å². The Morgan fingerprint density at radius 1 is 1.17 bits per heavy atom. The van der Waals surface area contributed by atoms with Gasteiger partial charge in [0.15, 0.2) is 5.69 Å². The number of amides is 1. The van der Waals surface area contributed by atoms with Crippen LogP contribution >= 0.6 is 0 Å². The predicted molar refractivity (Wildman–Crippen MR) is 102 cm³/mol. The largest absolute Gasteiger partial charge is 0.451 e. The van der Waals surface area contributed by atoms with Crippen LogP contribution in [0.15, 0.2) is 35.3 Å². The van der Waals surface area contributed by atoms with Crippen LogP contribution in [0.4, 0.5) is 8.78 Å². The molecule has 0 radical (unpaired) electrons. The summed E-state index contributed by atoms with van der Waals surface area (Å²) < 4.78 is 38.7. The van der Waals surface area contributed by atoms with Gasteiger partial charge in [0.2, 0.25) is 18.0 Å². The van der Waals surface area contributed by atoms with Crippen LogP contribution in [0.25, 0.3) is 0 Å². The van der Waals surface area contributed by atoms with Gasteiger partial charge in [-0.3, -0.25) is 24.1 Å². The maximum absolute atomic E-state index is 13.6. The summed E-state index contributed by atoms with van der Waals surface area (Å²) in [6.07, 6.45) is 1.39. The molecule has 2 aromatic rings. The number of aromatic nitrogens is 1. The number of hydrogen-bond acceptors (Lipinski definition) is 6. The summed E-state index contributed by atoms with van der Waals surface area (Å²) in [4.78, 5) is 37.9. The number of esters is 1. The predicted octanol–water partition coefficient (Wildman–Crippen LogP) is 1.99. The molecule has 0 unspecified atom stereocenters. The lowest BCUT2D eigenvalue weighted by atomic mass is 10.2. The number of halogens is 2. The Hall–Kier alpha value is -3.43. The van der Waals surface area contributed by atoms with Crippen LogP contribution in [0, 0.1) is 11.6 Å². The molecule has 2 heterocycles. The van der Waals surface area contributed by atoms with Crippen molar-refractivity contribution in [3.63, 3.8) is 0 Å². The molecule has 1 aliphatic heterocycles. The van der Waals surface area contributed by atoms with E-state index in [1.54, 1.807) is 18.9 Å². The number of nitrogens with zero attached hydrogens (tertiary/aromatic N) is 3. The fourth-order valence-electron chi connectivity index (χ4n) is 3.13. The summed E-state index contributed by atoms with van der Waals surface area (Å²) in [5.41, 5.74) is -0.284. The summed E-state index contributed by atoms with van der Waals surface area (Å²) >= 11 is 0. The minimum atomic E-state index is -0.718. The van der Waals surface area contributed by atoms with Crippen molar-refractivity contribution in [2.75, 3.05) is 18.5 Å². The number of carbonyl (C=O) groups is 2. The lowest BCUT2D eigenvalue weighted by molar-refractivity contribution is -0.147. The monoisotopic (exact) mass is 421 g/mol. The Kier molecular flexibility index (Phi) is 6.04. The lowest BCUT2D eigenvalue weighted by Crippen LogP contribution is -2.55. The third-order valence-corrected chi connectivity index (χ3v) is 4.50. The third-order valence-electron chi connectivity index (χ3n) is 4.50. The normalized spacial score (nSPS) is 13.5. The van der Waals surface area contributed by atoms with Crippen molar-refractivity contribution >= 4 is 11.9 Å². The van der Waals surface area contributed by atoms with Gasteiger partial charge in [-0.05, 0) is 31.5 Å². The highest BCUT2D eigenvalue weighted by atomic mass is 19.1. The van der Waals surface area contributed by atoms with Crippen LogP contribution in [0.1, 0.15) is 36.8 Å². The highest BCUT2D eigenvalue weighted by Crippen LogP contribution is 2.24. The van der Waals surface area contributed by atoms with E-state index >= 15 is 0 Å². The van der Waals surface area contributed by atoms with Gasteiger partial charge in [-0.15, -0.1) is 0 Å². The summed E-state index contributed by atoms with van der Waals surface area (Å²) in [6.45, 7) is 4.42. The smallest absolute Gasteiger partial charge is 0.305 e. The molecule has 1 aromatic carbocycles. The molecule has 1 amide bonds. The van der Waals surface area contributed by atoms with Gasteiger partial charge in [0.05, 0.1) is 6.54 Å². The average molecular weight is 421 g/mol. The van der Waals surface area contributed by atoms with Crippen molar-refractivity contribution in [2.45, 2.75) is 33.4 Å². The number of hydrogen-bond donors (Lipinski definition) is 0. The molecule has 0 fully saturated rings. The van der Waals surface area contributed by atoms with Crippen LogP contribution < -0.4 is 15.2 Å². The standard InChI is InChI=1S/C20H21F2N3O5/c1-12(2)24-10-23(9-14-6-15(21)8-16(22)7-14)25-5-4-17(27)19(18(25)20(24)28)30-11-29-13(3)26/h4-8,12H,9-11H2,1-3H3. The first-order chi connectivity index (χ1) is 14.2. The quantitative estimate of drug-likeness (QED) is 0.524. The van der Waals surface area contributed by atoms with Crippen molar-refractivity contribution in [2.24, 2.45) is 0 Å². The fourth-order valence-corrected chi connectivity index (χ4v) is 3.13. The second-order valence-electron chi connectivity index (χ2n) is 7.05. The SMILES string of the molecule is CC(=O)OCOc1c2n(ccc1=O)N(Cc1cc(F)cc(F)c1)CN(C(C)C)C2=O. The molecule has 160 valence electrons. The maximum Gasteiger partial charge on any atom is 0.305 e. The van der Waals surface area contributed by atoms with Crippen LogP contribution in [-0.2, 0) is 16.1 Å². The van der Waals surface area contributed by atoms with Crippen LogP contribution in [0.3, 0.4) is 0 Å². The molecule has 10 heteroatoms. The van der Waals surface area contributed by atoms with Crippen LogP contribution in [0.5, 0.6) is 5.75 Å². The Morgan fingerprint density at radius 2 is 1.83 bits per heavy atom. The van der Waals surface area contributed by atoms with Crippen molar-refractivity contribution in [3.05, 3.63) is 63.6 Å². The summed E-state index contributed by atoms with van der Waals surface area (Å²) in [6, 6.07) is 4.13. The number of carbonyl (C=O) groups excluding carboxylic acids is 2. The van der Waals surface area contributed by atoms with Gasteiger partial charge >= 0.3 is 5.97 Å². The van der Waals surface area contributed by atoms with E-state index in [0.717, 1.165) is 6.07 Å². The summed E-state index contributed by atoms with van der Waals surface area (Å²) in [5, 5.41) is 1.64. The number of rotatable bonds is 6. The first kappa shape index (κ1) is 21.3. The first-order valence-electron chi connectivity index (χ1n) is 9.20. The van der Waals surface area contributed by atoms with E-state index in [2.05, 4.69) is 0 Å². The average Bonchev–Trinajstić information content (AvgIpc) is 2.64. The highest BCUT2D eigenvalue weighted by molar-refractivity contribution is 5.96. The van der Waals surface area contributed by atoms with E-state index < -0.39 is 35.7 Å². The zero-order valence-corrected chi connectivity index (χ0v) is 16.7. The molecule has 0 N–H and O–H groups in total. The molecule has 1 aliphatic rings. The van der Waals surface area contributed by atoms with E-state index in [1.807, 2.05) is 0 Å². The van der Waals surface area contributed by atoms with Gasteiger partial charge in [0.25, 0.3) is 5.91 Å².